The lowest BCUT2D eigenvalue weighted by Crippen LogP contribution is -2.00. The van der Waals surface area contributed by atoms with Crippen molar-refractivity contribution in [2.24, 2.45) is 0 Å². The second-order valence-electron chi connectivity index (χ2n) is 3.32. The average Bonchev–Trinajstić information content (AvgIpc) is 2.61. The van der Waals surface area contributed by atoms with Gasteiger partial charge in [-0.15, -0.1) is 0 Å². The fraction of sp³-hybridized carbons (Fsp3) is 0.182. The summed E-state index contributed by atoms with van der Waals surface area (Å²) in [6, 6.07) is 3.10. The third-order valence-corrected chi connectivity index (χ3v) is 3.18. The van der Waals surface area contributed by atoms with Gasteiger partial charge in [0, 0.05) is 10.9 Å². The normalized spacial score (nSPS) is 10.7. The number of benzene rings is 1. The van der Waals surface area contributed by atoms with Gasteiger partial charge in [-0.3, -0.25) is 0 Å². The first-order chi connectivity index (χ1) is 7.56. The van der Waals surface area contributed by atoms with Crippen molar-refractivity contribution < 1.29 is 19.1 Å². The quantitative estimate of drug-likeness (QED) is 0.818. The van der Waals surface area contributed by atoms with Crippen LogP contribution in [-0.2, 0) is 4.74 Å². The third-order valence-electron chi connectivity index (χ3n) is 2.38. The van der Waals surface area contributed by atoms with Crippen molar-refractivity contribution in [1.82, 2.24) is 0 Å². The van der Waals surface area contributed by atoms with Crippen LogP contribution in [0.4, 0.5) is 0 Å². The molecule has 1 N–H and O–H groups in total. The molecule has 5 heteroatoms. The Labute approximate surface area is 99.9 Å². The summed E-state index contributed by atoms with van der Waals surface area (Å²) in [6.07, 6.45) is 0. The van der Waals surface area contributed by atoms with Crippen molar-refractivity contribution in [3.8, 4) is 5.75 Å². The topological polar surface area (TPSA) is 59.7 Å². The van der Waals surface area contributed by atoms with Gasteiger partial charge in [-0.1, -0.05) is 0 Å². The molecule has 0 unspecified atom stereocenters. The molecule has 0 saturated heterocycles. The first kappa shape index (κ1) is 11.0. The van der Waals surface area contributed by atoms with Crippen molar-refractivity contribution in [3.05, 3.63) is 27.9 Å². The van der Waals surface area contributed by atoms with Gasteiger partial charge in [0.1, 0.15) is 11.3 Å². The number of halogens is 1. The Hall–Kier alpha value is -1.49. The van der Waals surface area contributed by atoms with Crippen LogP contribution in [-0.4, -0.2) is 18.2 Å². The van der Waals surface area contributed by atoms with Crippen molar-refractivity contribution >= 4 is 32.9 Å². The maximum absolute atomic E-state index is 11.4. The van der Waals surface area contributed by atoms with Crippen LogP contribution in [0.2, 0.25) is 0 Å². The van der Waals surface area contributed by atoms with Gasteiger partial charge in [0.25, 0.3) is 0 Å². The molecule has 0 aliphatic rings. The fourth-order valence-electron chi connectivity index (χ4n) is 1.57. The molecule has 2 aromatic rings. The average molecular weight is 285 g/mol. The number of rotatable bonds is 1. The fourth-order valence-corrected chi connectivity index (χ4v) is 2.19. The highest BCUT2D eigenvalue weighted by Crippen LogP contribution is 2.37. The van der Waals surface area contributed by atoms with Crippen LogP contribution in [0.15, 0.2) is 21.0 Å². The number of aromatic hydroxyl groups is 1. The number of hydrogen-bond acceptors (Lipinski definition) is 4. The van der Waals surface area contributed by atoms with Crippen molar-refractivity contribution in [2.45, 2.75) is 6.92 Å². The molecule has 0 radical (unpaired) electrons. The van der Waals surface area contributed by atoms with E-state index in [4.69, 9.17) is 4.42 Å². The number of carbonyl (C=O) groups excluding carboxylic acids is 1. The first-order valence-electron chi connectivity index (χ1n) is 4.55. The number of esters is 1. The van der Waals surface area contributed by atoms with Gasteiger partial charge >= 0.3 is 5.97 Å². The molecule has 0 bridgehead atoms. The van der Waals surface area contributed by atoms with E-state index < -0.39 is 5.97 Å². The number of hydrogen-bond donors (Lipinski definition) is 1. The smallest absolute Gasteiger partial charge is 0.374 e. The zero-order chi connectivity index (χ0) is 11.9. The molecule has 0 fully saturated rings. The van der Waals surface area contributed by atoms with Crippen LogP contribution in [0.1, 0.15) is 16.1 Å². The number of fused-ring (bicyclic) bond motifs is 1. The Morgan fingerprint density at radius 3 is 2.81 bits per heavy atom. The van der Waals surface area contributed by atoms with E-state index in [9.17, 15) is 9.90 Å². The SMILES string of the molecule is COC(=O)c1oc2ccc(O)c(Br)c2c1C. The van der Waals surface area contributed by atoms with Gasteiger partial charge in [0.15, 0.2) is 0 Å². The van der Waals surface area contributed by atoms with Gasteiger partial charge in [-0.2, -0.15) is 0 Å². The summed E-state index contributed by atoms with van der Waals surface area (Å²) in [5.41, 5.74) is 1.17. The predicted octanol–water partition coefficient (Wildman–Crippen LogP) is 3.00. The highest BCUT2D eigenvalue weighted by molar-refractivity contribution is 9.10. The molecule has 0 saturated carbocycles. The standard InChI is InChI=1S/C11H9BrO4/c1-5-8-7(4-3-6(13)9(8)12)16-10(5)11(14)15-2/h3-4,13H,1-2H3. The van der Waals surface area contributed by atoms with Crippen LogP contribution in [0, 0.1) is 6.92 Å². The molecule has 2 rings (SSSR count). The number of ether oxygens (including phenoxy) is 1. The highest BCUT2D eigenvalue weighted by Gasteiger charge is 2.20. The minimum atomic E-state index is -0.528. The minimum absolute atomic E-state index is 0.104. The van der Waals surface area contributed by atoms with E-state index in [2.05, 4.69) is 20.7 Å². The Balaban J connectivity index is 2.79. The number of aryl methyl sites for hydroxylation is 1. The summed E-state index contributed by atoms with van der Waals surface area (Å²) >= 11 is 3.25. The molecule has 0 aliphatic heterocycles. The monoisotopic (exact) mass is 284 g/mol. The second kappa shape index (κ2) is 3.83. The summed E-state index contributed by atoms with van der Waals surface area (Å²) in [5.74, 6) is -0.267. The molecule has 4 nitrogen and oxygen atoms in total. The second-order valence-corrected chi connectivity index (χ2v) is 4.11. The van der Waals surface area contributed by atoms with Gasteiger partial charge in [0.05, 0.1) is 11.6 Å². The zero-order valence-corrected chi connectivity index (χ0v) is 10.3. The third kappa shape index (κ3) is 1.48. The van der Waals surface area contributed by atoms with Crippen molar-refractivity contribution in [1.29, 1.82) is 0 Å². The van der Waals surface area contributed by atoms with E-state index in [1.165, 1.54) is 13.2 Å². The summed E-state index contributed by atoms with van der Waals surface area (Å²) in [5, 5.41) is 10.2. The molecule has 0 spiro atoms. The van der Waals surface area contributed by atoms with Gasteiger partial charge < -0.3 is 14.3 Å². The van der Waals surface area contributed by atoms with E-state index in [1.807, 2.05) is 0 Å². The number of phenols is 1. The van der Waals surface area contributed by atoms with Gasteiger partial charge in [0.2, 0.25) is 5.76 Å². The number of carbonyl (C=O) groups is 1. The lowest BCUT2D eigenvalue weighted by atomic mass is 10.1. The Morgan fingerprint density at radius 1 is 1.50 bits per heavy atom. The number of phenolic OH excluding ortho intramolecular Hbond substituents is 1. The van der Waals surface area contributed by atoms with Gasteiger partial charge in [-0.05, 0) is 35.0 Å². The lowest BCUT2D eigenvalue weighted by molar-refractivity contribution is 0.0566. The number of furan rings is 1. The molecular weight excluding hydrogens is 276 g/mol. The summed E-state index contributed by atoms with van der Waals surface area (Å²) in [7, 11) is 1.29. The molecule has 16 heavy (non-hydrogen) atoms. The molecule has 1 aromatic heterocycles. The largest absolute Gasteiger partial charge is 0.507 e. The Morgan fingerprint density at radius 2 is 2.19 bits per heavy atom. The molecule has 84 valence electrons. The maximum atomic E-state index is 11.4. The molecule has 0 amide bonds. The summed E-state index contributed by atoms with van der Waals surface area (Å²) in [4.78, 5) is 11.4. The Bertz CT molecular complexity index is 571. The van der Waals surface area contributed by atoms with Crippen LogP contribution < -0.4 is 0 Å². The van der Waals surface area contributed by atoms with E-state index in [-0.39, 0.29) is 11.5 Å². The molecule has 0 atom stereocenters. The highest BCUT2D eigenvalue weighted by atomic mass is 79.9. The minimum Gasteiger partial charge on any atom is -0.507 e. The number of methoxy groups -OCH3 is 1. The van der Waals surface area contributed by atoms with Crippen LogP contribution in [0.25, 0.3) is 11.0 Å². The zero-order valence-electron chi connectivity index (χ0n) is 8.70. The summed E-state index contributed by atoms with van der Waals surface area (Å²) in [6.45, 7) is 1.74. The summed E-state index contributed by atoms with van der Waals surface area (Å²) < 4.78 is 10.5. The first-order valence-corrected chi connectivity index (χ1v) is 5.34. The van der Waals surface area contributed by atoms with E-state index in [0.29, 0.717) is 21.0 Å². The van der Waals surface area contributed by atoms with Gasteiger partial charge in [-0.25, -0.2) is 4.79 Å². The molecular formula is C11H9BrO4. The molecule has 1 heterocycles. The maximum Gasteiger partial charge on any atom is 0.374 e. The van der Waals surface area contributed by atoms with Crippen LogP contribution >= 0.6 is 15.9 Å². The lowest BCUT2D eigenvalue weighted by Gasteiger charge is -1.97. The van der Waals surface area contributed by atoms with E-state index in [0.717, 1.165) is 0 Å². The van der Waals surface area contributed by atoms with Crippen LogP contribution in [0.5, 0.6) is 5.75 Å². The molecule has 0 aliphatic carbocycles. The van der Waals surface area contributed by atoms with E-state index >= 15 is 0 Å². The molecule has 1 aromatic carbocycles. The van der Waals surface area contributed by atoms with E-state index in [1.54, 1.807) is 13.0 Å². The van der Waals surface area contributed by atoms with Crippen molar-refractivity contribution in [2.75, 3.05) is 7.11 Å². The Kier molecular flexibility index (Phi) is 2.63. The van der Waals surface area contributed by atoms with Crippen LogP contribution in [0.3, 0.4) is 0 Å². The van der Waals surface area contributed by atoms with Crippen molar-refractivity contribution in [3.63, 3.8) is 0 Å². The predicted molar refractivity (Wildman–Crippen MR) is 61.7 cm³/mol.